The van der Waals surface area contributed by atoms with Gasteiger partial charge in [0.15, 0.2) is 0 Å². The zero-order valence-electron chi connectivity index (χ0n) is 10.4. The third-order valence-electron chi connectivity index (χ3n) is 3.00. The lowest BCUT2D eigenvalue weighted by atomic mass is 10.1. The molecule has 0 aliphatic carbocycles. The van der Waals surface area contributed by atoms with Gasteiger partial charge in [0.1, 0.15) is 0 Å². The number of hydrogen-bond acceptors (Lipinski definition) is 3. The SMILES string of the molecule is Nc1cccc2c(Nc3ccc(Cl)cc3Br)ccnc12. The van der Waals surface area contributed by atoms with Gasteiger partial charge in [-0.25, -0.2) is 0 Å². The molecule has 3 nitrogen and oxygen atoms in total. The zero-order chi connectivity index (χ0) is 14.1. The predicted octanol–water partition coefficient (Wildman–Crippen LogP) is 4.98. The van der Waals surface area contributed by atoms with Gasteiger partial charge in [-0.1, -0.05) is 23.7 Å². The van der Waals surface area contributed by atoms with Gasteiger partial charge >= 0.3 is 0 Å². The van der Waals surface area contributed by atoms with Gasteiger partial charge in [-0.2, -0.15) is 0 Å². The van der Waals surface area contributed by atoms with Crippen LogP contribution in [0, 0.1) is 0 Å². The van der Waals surface area contributed by atoms with Crippen LogP contribution in [0.2, 0.25) is 5.02 Å². The van der Waals surface area contributed by atoms with E-state index in [4.69, 9.17) is 17.3 Å². The maximum atomic E-state index is 5.95. The van der Waals surface area contributed by atoms with E-state index in [2.05, 4.69) is 26.2 Å². The van der Waals surface area contributed by atoms with Crippen molar-refractivity contribution >= 4 is 55.5 Å². The van der Waals surface area contributed by atoms with Crippen molar-refractivity contribution in [1.82, 2.24) is 4.98 Å². The molecule has 0 aliphatic rings. The average Bonchev–Trinajstić information content (AvgIpc) is 2.43. The van der Waals surface area contributed by atoms with Gasteiger partial charge in [0, 0.05) is 26.8 Å². The van der Waals surface area contributed by atoms with Crippen molar-refractivity contribution in [2.45, 2.75) is 0 Å². The summed E-state index contributed by atoms with van der Waals surface area (Å²) in [6.07, 6.45) is 1.74. The molecular formula is C15H11BrClN3. The number of hydrogen-bond donors (Lipinski definition) is 2. The molecule has 0 spiro atoms. The summed E-state index contributed by atoms with van der Waals surface area (Å²) in [5.74, 6) is 0. The molecule has 3 rings (SSSR count). The van der Waals surface area contributed by atoms with Crippen LogP contribution < -0.4 is 11.1 Å². The normalized spacial score (nSPS) is 10.7. The standard InChI is InChI=1S/C15H11BrClN3/c16-11-8-9(17)4-5-14(11)20-13-6-7-19-15-10(13)2-1-3-12(15)18/h1-8H,18H2,(H,19,20). The van der Waals surface area contributed by atoms with Crippen LogP contribution in [0.3, 0.4) is 0 Å². The number of nitrogen functional groups attached to an aromatic ring is 1. The summed E-state index contributed by atoms with van der Waals surface area (Å²) < 4.78 is 0.902. The van der Waals surface area contributed by atoms with Crippen LogP contribution in [0.15, 0.2) is 53.1 Å². The Balaban J connectivity index is 2.09. The molecule has 0 atom stereocenters. The molecule has 1 heterocycles. The summed E-state index contributed by atoms with van der Waals surface area (Å²) in [5, 5.41) is 5.04. The van der Waals surface area contributed by atoms with Crippen LogP contribution in [0.5, 0.6) is 0 Å². The minimum absolute atomic E-state index is 0.668. The van der Waals surface area contributed by atoms with Gasteiger partial charge in [0.2, 0.25) is 0 Å². The van der Waals surface area contributed by atoms with Crippen molar-refractivity contribution in [3.63, 3.8) is 0 Å². The smallest absolute Gasteiger partial charge is 0.0951 e. The number of halogens is 2. The van der Waals surface area contributed by atoms with Crippen LogP contribution in [-0.2, 0) is 0 Å². The Bertz CT molecular complexity index is 789. The molecule has 0 bridgehead atoms. The van der Waals surface area contributed by atoms with Crippen LogP contribution >= 0.6 is 27.5 Å². The number of fused-ring (bicyclic) bond motifs is 1. The highest BCUT2D eigenvalue weighted by molar-refractivity contribution is 9.10. The fraction of sp³-hybridized carbons (Fsp3) is 0. The fourth-order valence-electron chi connectivity index (χ4n) is 2.04. The number of para-hydroxylation sites is 1. The molecule has 2 aromatic carbocycles. The van der Waals surface area contributed by atoms with Crippen molar-refractivity contribution < 1.29 is 0 Å². The van der Waals surface area contributed by atoms with Gasteiger partial charge in [-0.05, 0) is 46.3 Å². The molecule has 0 aliphatic heterocycles. The lowest BCUT2D eigenvalue weighted by Crippen LogP contribution is -1.95. The first-order valence-electron chi connectivity index (χ1n) is 6.00. The number of anilines is 3. The second-order valence-electron chi connectivity index (χ2n) is 4.35. The van der Waals surface area contributed by atoms with E-state index in [1.807, 2.05) is 42.5 Å². The monoisotopic (exact) mass is 347 g/mol. The molecule has 3 N–H and O–H groups in total. The first-order chi connectivity index (χ1) is 9.65. The first kappa shape index (κ1) is 13.2. The van der Waals surface area contributed by atoms with E-state index >= 15 is 0 Å². The molecule has 3 aromatic rings. The Labute approximate surface area is 129 Å². The first-order valence-corrected chi connectivity index (χ1v) is 7.17. The third-order valence-corrected chi connectivity index (χ3v) is 3.89. The number of nitrogens with one attached hydrogen (secondary N) is 1. The van der Waals surface area contributed by atoms with Gasteiger partial charge in [-0.15, -0.1) is 0 Å². The van der Waals surface area contributed by atoms with Gasteiger partial charge in [-0.3, -0.25) is 4.98 Å². The molecule has 0 fully saturated rings. The van der Waals surface area contributed by atoms with Crippen molar-refractivity contribution in [2.24, 2.45) is 0 Å². The minimum atomic E-state index is 0.668. The number of pyridine rings is 1. The number of nitrogens with two attached hydrogens (primary N) is 1. The second kappa shape index (κ2) is 5.31. The van der Waals surface area contributed by atoms with Crippen molar-refractivity contribution in [2.75, 3.05) is 11.1 Å². The highest BCUT2D eigenvalue weighted by atomic mass is 79.9. The summed E-state index contributed by atoms with van der Waals surface area (Å²) in [6.45, 7) is 0. The van der Waals surface area contributed by atoms with E-state index in [0.717, 1.165) is 26.8 Å². The summed E-state index contributed by atoms with van der Waals surface area (Å²) in [4.78, 5) is 4.32. The van der Waals surface area contributed by atoms with Gasteiger partial charge < -0.3 is 11.1 Å². The maximum absolute atomic E-state index is 5.95. The largest absolute Gasteiger partial charge is 0.397 e. The van der Waals surface area contributed by atoms with E-state index in [9.17, 15) is 0 Å². The summed E-state index contributed by atoms with van der Waals surface area (Å²) in [7, 11) is 0. The molecule has 1 aromatic heterocycles. The van der Waals surface area contributed by atoms with E-state index < -0.39 is 0 Å². The number of rotatable bonds is 2. The maximum Gasteiger partial charge on any atom is 0.0951 e. The van der Waals surface area contributed by atoms with Crippen LogP contribution in [0.1, 0.15) is 0 Å². The molecule has 0 amide bonds. The topological polar surface area (TPSA) is 50.9 Å². The van der Waals surface area contributed by atoms with Crippen LogP contribution in [0.25, 0.3) is 10.9 Å². The molecule has 0 saturated carbocycles. The highest BCUT2D eigenvalue weighted by Crippen LogP contribution is 2.32. The summed E-state index contributed by atoms with van der Waals surface area (Å²) in [6, 6.07) is 13.3. The van der Waals surface area contributed by atoms with E-state index in [0.29, 0.717) is 10.7 Å². The number of nitrogens with zero attached hydrogens (tertiary/aromatic N) is 1. The summed E-state index contributed by atoms with van der Waals surface area (Å²) >= 11 is 9.45. The molecule has 5 heteroatoms. The Morgan fingerprint density at radius 2 is 1.95 bits per heavy atom. The molecule has 100 valence electrons. The minimum Gasteiger partial charge on any atom is -0.397 e. The van der Waals surface area contributed by atoms with Crippen molar-refractivity contribution in [3.8, 4) is 0 Å². The average molecular weight is 349 g/mol. The van der Waals surface area contributed by atoms with Gasteiger partial charge in [0.25, 0.3) is 0 Å². The molecule has 20 heavy (non-hydrogen) atoms. The summed E-state index contributed by atoms with van der Waals surface area (Å²) in [5.41, 5.74) is 9.30. The van der Waals surface area contributed by atoms with Gasteiger partial charge in [0.05, 0.1) is 16.9 Å². The molecular weight excluding hydrogens is 338 g/mol. The number of benzene rings is 2. The zero-order valence-corrected chi connectivity index (χ0v) is 12.7. The lowest BCUT2D eigenvalue weighted by molar-refractivity contribution is 1.40. The molecule has 0 unspecified atom stereocenters. The van der Waals surface area contributed by atoms with E-state index in [1.165, 1.54) is 0 Å². The molecule has 0 radical (unpaired) electrons. The van der Waals surface area contributed by atoms with Crippen LogP contribution in [0.4, 0.5) is 17.1 Å². The van der Waals surface area contributed by atoms with Crippen molar-refractivity contribution in [3.05, 3.63) is 58.2 Å². The van der Waals surface area contributed by atoms with Crippen LogP contribution in [-0.4, -0.2) is 4.98 Å². The van der Waals surface area contributed by atoms with E-state index in [1.54, 1.807) is 6.20 Å². The fourth-order valence-corrected chi connectivity index (χ4v) is 2.83. The van der Waals surface area contributed by atoms with E-state index in [-0.39, 0.29) is 0 Å². The quantitative estimate of drug-likeness (QED) is 0.642. The number of aromatic nitrogens is 1. The Morgan fingerprint density at radius 1 is 1.10 bits per heavy atom. The Morgan fingerprint density at radius 3 is 2.75 bits per heavy atom. The Kier molecular flexibility index (Phi) is 3.51. The van der Waals surface area contributed by atoms with Crippen molar-refractivity contribution in [1.29, 1.82) is 0 Å². The third kappa shape index (κ3) is 2.44. The highest BCUT2D eigenvalue weighted by Gasteiger charge is 2.06. The predicted molar refractivity (Wildman–Crippen MR) is 88.6 cm³/mol. The molecule has 0 saturated heterocycles. The second-order valence-corrected chi connectivity index (χ2v) is 5.64. The Hall–Kier alpha value is -1.78. The lowest BCUT2D eigenvalue weighted by Gasteiger charge is -2.12.